The normalized spacial score (nSPS) is 13.2. The van der Waals surface area contributed by atoms with E-state index >= 15 is 0 Å². The molecule has 2 N–H and O–H groups in total. The van der Waals surface area contributed by atoms with Gasteiger partial charge >= 0.3 is 6.18 Å². The lowest BCUT2D eigenvalue weighted by molar-refractivity contribution is -0.140. The number of rotatable bonds is 4. The van der Waals surface area contributed by atoms with Crippen LogP contribution in [0.25, 0.3) is 0 Å². The highest BCUT2D eigenvalue weighted by molar-refractivity contribution is 5.92. The van der Waals surface area contributed by atoms with Crippen molar-refractivity contribution in [3.8, 4) is 0 Å². The van der Waals surface area contributed by atoms with E-state index in [2.05, 4.69) is 25.9 Å². The molecule has 0 bridgehead atoms. The number of halogens is 3. The Hall–Kier alpha value is -2.39. The van der Waals surface area contributed by atoms with Crippen molar-refractivity contribution in [2.24, 2.45) is 0 Å². The largest absolute Gasteiger partial charge is 0.406 e. The number of nitrogens with zero attached hydrogens (tertiary/aromatic N) is 4. The minimum absolute atomic E-state index is 0.0855. The summed E-state index contributed by atoms with van der Waals surface area (Å²) in [4.78, 5) is 11.9. The van der Waals surface area contributed by atoms with Crippen LogP contribution >= 0.6 is 0 Å². The van der Waals surface area contributed by atoms with Crippen molar-refractivity contribution in [1.29, 1.82) is 0 Å². The number of carbonyl (C=O) groups excluding carboxylic acids is 1. The second kappa shape index (κ2) is 5.31. The lowest BCUT2D eigenvalue weighted by Gasteiger charge is -2.13. The summed E-state index contributed by atoms with van der Waals surface area (Å²) in [6.45, 7) is 0.374. The number of hydrogen-bond donors (Lipinski definition) is 2. The highest BCUT2D eigenvalue weighted by Crippen LogP contribution is 2.19. The molecule has 10 heteroatoms. The molecule has 0 saturated carbocycles. The Labute approximate surface area is 111 Å². The van der Waals surface area contributed by atoms with Gasteiger partial charge in [0.1, 0.15) is 12.2 Å². The maximum absolute atomic E-state index is 12.4. The van der Waals surface area contributed by atoms with Gasteiger partial charge in [-0.3, -0.25) is 4.79 Å². The van der Waals surface area contributed by atoms with E-state index in [1.54, 1.807) is 6.92 Å². The predicted octanol–water partition coefficient (Wildman–Crippen LogP) is 1.05. The quantitative estimate of drug-likeness (QED) is 0.880. The Bertz CT molecular complexity index is 576. The third-order valence-corrected chi connectivity index (χ3v) is 2.51. The van der Waals surface area contributed by atoms with Crippen LogP contribution in [0, 0.1) is 0 Å². The zero-order valence-corrected chi connectivity index (χ0v) is 10.3. The molecule has 0 radical (unpaired) electrons. The van der Waals surface area contributed by atoms with Crippen LogP contribution < -0.4 is 5.32 Å². The van der Waals surface area contributed by atoms with Crippen LogP contribution in [0.15, 0.2) is 18.3 Å². The molecule has 2 aromatic heterocycles. The number of tetrazole rings is 1. The number of aromatic amines is 1. The molecule has 1 unspecified atom stereocenters. The third-order valence-electron chi connectivity index (χ3n) is 2.51. The highest BCUT2D eigenvalue weighted by Gasteiger charge is 2.29. The molecule has 0 aliphatic heterocycles. The number of amides is 1. The summed E-state index contributed by atoms with van der Waals surface area (Å²) in [5.74, 6) is -0.399. The van der Waals surface area contributed by atoms with Gasteiger partial charge < -0.3 is 9.88 Å². The molecule has 2 heterocycles. The summed E-state index contributed by atoms with van der Waals surface area (Å²) in [6.07, 6.45) is -3.20. The molecule has 0 aromatic carbocycles. The monoisotopic (exact) mass is 288 g/mol. The van der Waals surface area contributed by atoms with Gasteiger partial charge in [0, 0.05) is 6.20 Å². The van der Waals surface area contributed by atoms with Crippen molar-refractivity contribution in [2.75, 3.05) is 0 Å². The molecule has 0 saturated heterocycles. The summed E-state index contributed by atoms with van der Waals surface area (Å²) < 4.78 is 37.9. The minimum Gasteiger partial charge on any atom is -0.341 e. The van der Waals surface area contributed by atoms with Crippen LogP contribution in [-0.2, 0) is 6.54 Å². The maximum Gasteiger partial charge on any atom is 0.406 e. The molecule has 20 heavy (non-hydrogen) atoms. The van der Waals surface area contributed by atoms with Gasteiger partial charge in [0.2, 0.25) is 0 Å². The van der Waals surface area contributed by atoms with Gasteiger partial charge in [-0.05, 0) is 19.1 Å². The van der Waals surface area contributed by atoms with E-state index in [4.69, 9.17) is 0 Å². The number of alkyl halides is 3. The van der Waals surface area contributed by atoms with E-state index in [1.165, 1.54) is 18.3 Å². The van der Waals surface area contributed by atoms with Gasteiger partial charge in [0.25, 0.3) is 5.91 Å². The van der Waals surface area contributed by atoms with Gasteiger partial charge in [0.05, 0.1) is 6.04 Å². The fraction of sp³-hybridized carbons (Fsp3) is 0.400. The van der Waals surface area contributed by atoms with Gasteiger partial charge in [0.15, 0.2) is 5.82 Å². The first-order chi connectivity index (χ1) is 9.37. The summed E-state index contributed by atoms with van der Waals surface area (Å²) in [5.41, 5.74) is -0.0855. The van der Waals surface area contributed by atoms with Crippen LogP contribution in [-0.4, -0.2) is 37.3 Å². The molecule has 0 fully saturated rings. The average molecular weight is 288 g/mol. The fourth-order valence-electron chi connectivity index (χ4n) is 1.64. The molecule has 0 aliphatic rings. The van der Waals surface area contributed by atoms with E-state index in [1.807, 2.05) is 0 Å². The smallest absolute Gasteiger partial charge is 0.341 e. The number of nitrogens with one attached hydrogen (secondary N) is 2. The SMILES string of the molecule is CC(NC(=O)c1cccn1CC(F)(F)F)c1nn[nH]n1. The molecule has 2 rings (SSSR count). The molecule has 7 nitrogen and oxygen atoms in total. The molecule has 108 valence electrons. The number of aromatic nitrogens is 5. The standard InChI is InChI=1S/C10H11F3N6O/c1-6(8-15-17-18-16-8)14-9(20)7-3-2-4-19(7)5-10(11,12)13/h2-4,6H,5H2,1H3,(H,14,20)(H,15,16,17,18). The fourth-order valence-corrected chi connectivity index (χ4v) is 1.64. The third kappa shape index (κ3) is 3.33. The zero-order valence-electron chi connectivity index (χ0n) is 10.3. The van der Waals surface area contributed by atoms with Crippen LogP contribution in [0.2, 0.25) is 0 Å². The predicted molar refractivity (Wildman–Crippen MR) is 60.5 cm³/mol. The number of carbonyl (C=O) groups is 1. The molecule has 0 aliphatic carbocycles. The van der Waals surface area contributed by atoms with Crippen molar-refractivity contribution in [2.45, 2.75) is 25.7 Å². The first-order valence-electron chi connectivity index (χ1n) is 5.63. The molecular formula is C10H11F3N6O. The maximum atomic E-state index is 12.4. The first kappa shape index (κ1) is 14.0. The Balaban J connectivity index is 2.08. The first-order valence-corrected chi connectivity index (χ1v) is 5.63. The van der Waals surface area contributed by atoms with Crippen molar-refractivity contribution in [3.63, 3.8) is 0 Å². The van der Waals surface area contributed by atoms with Crippen molar-refractivity contribution >= 4 is 5.91 Å². The van der Waals surface area contributed by atoms with Crippen molar-refractivity contribution in [1.82, 2.24) is 30.5 Å². The number of hydrogen-bond acceptors (Lipinski definition) is 4. The topological polar surface area (TPSA) is 88.5 Å². The second-order valence-corrected chi connectivity index (χ2v) is 4.10. The molecule has 0 spiro atoms. The zero-order chi connectivity index (χ0) is 14.8. The van der Waals surface area contributed by atoms with Gasteiger partial charge in [-0.1, -0.05) is 5.21 Å². The average Bonchev–Trinajstić information content (AvgIpc) is 2.96. The molecule has 1 atom stereocenters. The molecule has 2 aromatic rings. The van der Waals surface area contributed by atoms with Crippen LogP contribution in [0.5, 0.6) is 0 Å². The molecular weight excluding hydrogens is 277 g/mol. The summed E-state index contributed by atoms with van der Waals surface area (Å²) in [5, 5.41) is 15.4. The van der Waals surface area contributed by atoms with Gasteiger partial charge in [-0.15, -0.1) is 10.2 Å². The van der Waals surface area contributed by atoms with Crippen LogP contribution in [0.3, 0.4) is 0 Å². The number of H-pyrrole nitrogens is 1. The lowest BCUT2D eigenvalue weighted by Crippen LogP contribution is -2.30. The second-order valence-electron chi connectivity index (χ2n) is 4.10. The minimum atomic E-state index is -4.40. The van der Waals surface area contributed by atoms with E-state index in [0.717, 1.165) is 4.57 Å². The summed E-state index contributed by atoms with van der Waals surface area (Å²) in [6, 6.07) is 2.11. The van der Waals surface area contributed by atoms with Crippen molar-refractivity contribution < 1.29 is 18.0 Å². The van der Waals surface area contributed by atoms with E-state index < -0.39 is 24.7 Å². The van der Waals surface area contributed by atoms with E-state index in [9.17, 15) is 18.0 Å². The Morgan fingerprint density at radius 2 is 2.30 bits per heavy atom. The summed E-state index contributed by atoms with van der Waals surface area (Å²) >= 11 is 0. The van der Waals surface area contributed by atoms with E-state index in [-0.39, 0.29) is 11.5 Å². The van der Waals surface area contributed by atoms with Gasteiger partial charge in [-0.2, -0.15) is 18.4 Å². The van der Waals surface area contributed by atoms with Crippen LogP contribution in [0.1, 0.15) is 29.3 Å². The summed E-state index contributed by atoms with van der Waals surface area (Å²) in [7, 11) is 0. The van der Waals surface area contributed by atoms with Crippen molar-refractivity contribution in [3.05, 3.63) is 29.8 Å². The Kier molecular flexibility index (Phi) is 3.72. The lowest BCUT2D eigenvalue weighted by atomic mass is 10.3. The Morgan fingerprint density at radius 1 is 1.55 bits per heavy atom. The Morgan fingerprint density at radius 3 is 2.90 bits per heavy atom. The van der Waals surface area contributed by atoms with E-state index in [0.29, 0.717) is 0 Å². The molecule has 1 amide bonds. The highest BCUT2D eigenvalue weighted by atomic mass is 19.4. The van der Waals surface area contributed by atoms with Gasteiger partial charge in [-0.25, -0.2) is 0 Å². The van der Waals surface area contributed by atoms with Crippen LogP contribution in [0.4, 0.5) is 13.2 Å².